The topological polar surface area (TPSA) is 34.2 Å². The number of rotatable bonds is 5. The van der Waals surface area contributed by atoms with Gasteiger partial charge in [0.15, 0.2) is 0 Å². The van der Waals surface area contributed by atoms with Crippen LogP contribution in [0.15, 0.2) is 12.1 Å². The molecule has 22 heavy (non-hydrogen) atoms. The lowest BCUT2D eigenvalue weighted by Crippen LogP contribution is -2.19. The Kier molecular flexibility index (Phi) is 4.28. The van der Waals surface area contributed by atoms with Gasteiger partial charge in [-0.25, -0.2) is 0 Å². The zero-order valence-corrected chi connectivity index (χ0v) is 14.4. The molecule has 1 unspecified atom stereocenters. The lowest BCUT2D eigenvalue weighted by molar-refractivity contribution is 0.301. The third-order valence-electron chi connectivity index (χ3n) is 5.47. The van der Waals surface area contributed by atoms with Gasteiger partial charge in [-0.2, -0.15) is 0 Å². The highest BCUT2D eigenvalue weighted by molar-refractivity contribution is 5.87. The van der Waals surface area contributed by atoms with Crippen LogP contribution in [0.3, 0.4) is 0 Å². The van der Waals surface area contributed by atoms with Crippen molar-refractivity contribution in [3.8, 4) is 0 Å². The Hall–Kier alpha value is -1.32. The van der Waals surface area contributed by atoms with Crippen LogP contribution in [0.5, 0.6) is 0 Å². The summed E-state index contributed by atoms with van der Waals surface area (Å²) in [6.07, 6.45) is 3.23. The van der Waals surface area contributed by atoms with Crippen LogP contribution >= 0.6 is 0 Å². The monoisotopic (exact) mass is 299 g/mol. The highest BCUT2D eigenvalue weighted by atomic mass is 15.1. The molecule has 1 aromatic carbocycles. The molecule has 0 saturated heterocycles. The number of fused-ring (bicyclic) bond motifs is 2. The van der Waals surface area contributed by atoms with Gasteiger partial charge in [0.05, 0.1) is 0 Å². The summed E-state index contributed by atoms with van der Waals surface area (Å²) >= 11 is 0. The third kappa shape index (κ3) is 2.57. The molecule has 1 aliphatic rings. The van der Waals surface area contributed by atoms with Gasteiger partial charge < -0.3 is 10.3 Å². The predicted octanol–water partition coefficient (Wildman–Crippen LogP) is 3.49. The summed E-state index contributed by atoms with van der Waals surface area (Å²) in [5, 5.41) is 1.44. The smallest absolute Gasteiger partial charge is 0.0486 e. The number of aromatic nitrogens is 1. The molecule has 1 atom stereocenters. The van der Waals surface area contributed by atoms with E-state index in [1.54, 1.807) is 0 Å². The minimum absolute atomic E-state index is 0.319. The quantitative estimate of drug-likeness (QED) is 0.917. The summed E-state index contributed by atoms with van der Waals surface area (Å²) in [4.78, 5) is 2.50. The van der Waals surface area contributed by atoms with E-state index >= 15 is 0 Å². The Labute approximate surface area is 134 Å². The average Bonchev–Trinajstić information content (AvgIpc) is 3.03. The number of benzene rings is 1. The molecule has 0 aliphatic carbocycles. The van der Waals surface area contributed by atoms with Crippen LogP contribution in [-0.2, 0) is 26.6 Å². The fourth-order valence-corrected chi connectivity index (χ4v) is 3.68. The number of hydrogen-bond donors (Lipinski definition) is 1. The molecule has 3 rings (SSSR count). The van der Waals surface area contributed by atoms with Crippen molar-refractivity contribution < 1.29 is 0 Å². The van der Waals surface area contributed by atoms with E-state index in [2.05, 4.69) is 49.4 Å². The van der Waals surface area contributed by atoms with Crippen molar-refractivity contribution in [1.29, 1.82) is 0 Å². The van der Waals surface area contributed by atoms with Crippen molar-refractivity contribution >= 4 is 10.9 Å². The molecule has 0 spiro atoms. The molecule has 3 nitrogen and oxygen atoms in total. The molecule has 120 valence electrons. The first kappa shape index (κ1) is 15.6. The van der Waals surface area contributed by atoms with Crippen molar-refractivity contribution in [3.63, 3.8) is 0 Å². The fraction of sp³-hybridized carbons (Fsp3) is 0.579. The Balaban J connectivity index is 2.00. The largest absolute Gasteiger partial charge is 0.348 e. The van der Waals surface area contributed by atoms with Gasteiger partial charge in [0, 0.05) is 42.8 Å². The van der Waals surface area contributed by atoms with Crippen LogP contribution in [0.1, 0.15) is 49.1 Å². The molecule has 1 aliphatic heterocycles. The summed E-state index contributed by atoms with van der Waals surface area (Å²) < 4.78 is 2.36. The van der Waals surface area contributed by atoms with Crippen molar-refractivity contribution in [2.45, 2.75) is 59.2 Å². The highest BCUT2D eigenvalue weighted by Gasteiger charge is 2.21. The first-order valence-corrected chi connectivity index (χ1v) is 8.62. The van der Waals surface area contributed by atoms with Gasteiger partial charge in [-0.1, -0.05) is 13.8 Å². The molecule has 3 heteroatoms. The van der Waals surface area contributed by atoms with Crippen LogP contribution in [-0.4, -0.2) is 22.1 Å². The maximum Gasteiger partial charge on any atom is 0.0486 e. The van der Waals surface area contributed by atoms with E-state index in [0.717, 1.165) is 38.9 Å². The summed E-state index contributed by atoms with van der Waals surface area (Å²) in [7, 11) is 2.19. The van der Waals surface area contributed by atoms with E-state index in [0.29, 0.717) is 6.04 Å². The Morgan fingerprint density at radius 1 is 1.18 bits per heavy atom. The molecular weight excluding hydrogens is 270 g/mol. The Morgan fingerprint density at radius 3 is 2.50 bits per heavy atom. The summed E-state index contributed by atoms with van der Waals surface area (Å²) in [6.45, 7) is 9.99. The van der Waals surface area contributed by atoms with Gasteiger partial charge in [0.1, 0.15) is 0 Å². The normalized spacial score (nSPS) is 16.4. The molecule has 2 aromatic rings. The molecule has 0 bridgehead atoms. The third-order valence-corrected chi connectivity index (χ3v) is 5.47. The molecule has 0 amide bonds. The summed E-state index contributed by atoms with van der Waals surface area (Å²) in [6, 6.07) is 5.18. The lowest BCUT2D eigenvalue weighted by Gasteiger charge is -2.09. The van der Waals surface area contributed by atoms with E-state index in [1.807, 2.05) is 0 Å². The Bertz CT molecular complexity index is 684. The molecule has 2 N–H and O–H groups in total. The minimum Gasteiger partial charge on any atom is -0.348 e. The van der Waals surface area contributed by atoms with Gasteiger partial charge in [-0.15, -0.1) is 0 Å². The second-order valence-corrected chi connectivity index (χ2v) is 6.77. The van der Waals surface area contributed by atoms with Gasteiger partial charge >= 0.3 is 0 Å². The van der Waals surface area contributed by atoms with E-state index < -0.39 is 0 Å². The highest BCUT2D eigenvalue weighted by Crippen LogP contribution is 2.33. The first-order chi connectivity index (χ1) is 10.5. The first-order valence-electron chi connectivity index (χ1n) is 8.62. The van der Waals surface area contributed by atoms with Gasteiger partial charge in [-0.3, -0.25) is 4.90 Å². The number of aryl methyl sites for hydroxylation is 2. The molecule has 1 aromatic heterocycles. The SMILES string of the molecule is CCC(N)CCc1c(C)n(C)c2cc3c(cc12)CN(CC)C3. The molecule has 2 heterocycles. The summed E-state index contributed by atoms with van der Waals surface area (Å²) in [5.74, 6) is 0. The van der Waals surface area contributed by atoms with Crippen molar-refractivity contribution in [2.24, 2.45) is 12.8 Å². The standard InChI is InChI=1S/C19H29N3/c1-5-16(20)7-8-17-13(3)21(4)19-10-15-12-22(6-2)11-14(15)9-18(17)19/h9-10,16H,5-8,11-12,20H2,1-4H3. The number of hydrogen-bond acceptors (Lipinski definition) is 2. The van der Waals surface area contributed by atoms with E-state index in [9.17, 15) is 0 Å². The molecular formula is C19H29N3. The minimum atomic E-state index is 0.319. The van der Waals surface area contributed by atoms with Gasteiger partial charge in [0.2, 0.25) is 0 Å². The van der Waals surface area contributed by atoms with Crippen LogP contribution < -0.4 is 5.73 Å². The van der Waals surface area contributed by atoms with Crippen LogP contribution in [0.2, 0.25) is 0 Å². The van der Waals surface area contributed by atoms with Gasteiger partial charge in [-0.05, 0) is 61.6 Å². The maximum atomic E-state index is 6.13. The molecule has 0 fully saturated rings. The Morgan fingerprint density at radius 2 is 1.86 bits per heavy atom. The maximum absolute atomic E-state index is 6.13. The van der Waals surface area contributed by atoms with Crippen LogP contribution in [0.25, 0.3) is 10.9 Å². The van der Waals surface area contributed by atoms with Crippen molar-refractivity contribution in [2.75, 3.05) is 6.54 Å². The van der Waals surface area contributed by atoms with E-state index in [-0.39, 0.29) is 0 Å². The second-order valence-electron chi connectivity index (χ2n) is 6.77. The van der Waals surface area contributed by atoms with E-state index in [4.69, 9.17) is 5.73 Å². The number of nitrogens with zero attached hydrogens (tertiary/aromatic N) is 2. The predicted molar refractivity (Wildman–Crippen MR) is 94.0 cm³/mol. The van der Waals surface area contributed by atoms with Crippen molar-refractivity contribution in [3.05, 3.63) is 34.5 Å². The zero-order valence-electron chi connectivity index (χ0n) is 14.4. The van der Waals surface area contributed by atoms with Crippen molar-refractivity contribution in [1.82, 2.24) is 9.47 Å². The van der Waals surface area contributed by atoms with Crippen LogP contribution in [0.4, 0.5) is 0 Å². The average molecular weight is 299 g/mol. The number of nitrogens with two attached hydrogens (primary N) is 1. The second kappa shape index (κ2) is 6.05. The zero-order chi connectivity index (χ0) is 15.9. The molecule has 0 saturated carbocycles. The fourth-order valence-electron chi connectivity index (χ4n) is 3.68. The summed E-state index contributed by atoms with van der Waals surface area (Å²) in [5.41, 5.74) is 13.4. The van der Waals surface area contributed by atoms with E-state index in [1.165, 1.54) is 33.3 Å². The molecule has 0 radical (unpaired) electrons. The lowest BCUT2D eigenvalue weighted by atomic mass is 9.99. The van der Waals surface area contributed by atoms with Gasteiger partial charge in [0.25, 0.3) is 0 Å². The van der Waals surface area contributed by atoms with Crippen LogP contribution in [0, 0.1) is 6.92 Å².